The van der Waals surface area contributed by atoms with E-state index < -0.39 is 0 Å². The third-order valence-corrected chi connectivity index (χ3v) is 5.77. The number of ether oxygens (including phenoxy) is 1. The maximum Gasteiger partial charge on any atom is 0.320 e. The number of hydrogen-bond acceptors (Lipinski definition) is 5. The maximum atomic E-state index is 12.8. The Hall–Kier alpha value is -2.05. The molecule has 2 aromatic rings. The summed E-state index contributed by atoms with van der Waals surface area (Å²) in [7, 11) is 1.42. The second kappa shape index (κ2) is 6.11. The van der Waals surface area contributed by atoms with Crippen molar-refractivity contribution in [2.75, 3.05) is 37.5 Å². The molecule has 0 aromatic heterocycles. The van der Waals surface area contributed by atoms with Crippen LogP contribution < -0.4 is 4.90 Å². The van der Waals surface area contributed by atoms with Crippen molar-refractivity contribution in [1.82, 2.24) is 4.90 Å². The Morgan fingerprint density at radius 3 is 2.88 bits per heavy atom. The molecule has 0 N–H and O–H groups in total. The lowest BCUT2D eigenvalue weighted by Gasteiger charge is -2.33. The second-order valence-electron chi connectivity index (χ2n) is 6.02. The van der Waals surface area contributed by atoms with Crippen molar-refractivity contribution in [2.24, 2.45) is 0 Å². The smallest absolute Gasteiger partial charge is 0.320 e. The molecule has 5 nitrogen and oxygen atoms in total. The molecule has 2 aromatic carbocycles. The Kier molecular flexibility index (Phi) is 3.94. The molecule has 0 unspecified atom stereocenters. The van der Waals surface area contributed by atoms with Gasteiger partial charge >= 0.3 is 5.97 Å². The Balaban J connectivity index is 1.59. The minimum atomic E-state index is -0.192. The van der Waals surface area contributed by atoms with Crippen molar-refractivity contribution in [2.45, 2.75) is 5.25 Å². The molecule has 0 saturated carbocycles. The fraction of sp³-hybridized carbons (Fsp3) is 0.333. The van der Waals surface area contributed by atoms with Gasteiger partial charge in [-0.15, -0.1) is 11.8 Å². The molecule has 1 atom stereocenters. The molecule has 4 rings (SSSR count). The molecule has 1 saturated heterocycles. The number of anilines is 1. The molecule has 0 bridgehead atoms. The van der Waals surface area contributed by atoms with E-state index in [2.05, 4.69) is 4.90 Å². The van der Waals surface area contributed by atoms with E-state index in [1.54, 1.807) is 11.8 Å². The van der Waals surface area contributed by atoms with Crippen LogP contribution in [0.5, 0.6) is 0 Å². The van der Waals surface area contributed by atoms with E-state index >= 15 is 0 Å². The Morgan fingerprint density at radius 1 is 1.29 bits per heavy atom. The first-order chi connectivity index (χ1) is 11.7. The predicted octanol–water partition coefficient (Wildman–Crippen LogP) is 2.35. The molecular formula is C18H18N2O3S. The predicted molar refractivity (Wildman–Crippen MR) is 95.5 cm³/mol. The Labute approximate surface area is 144 Å². The minimum absolute atomic E-state index is 0.0367. The fourth-order valence-corrected chi connectivity index (χ4v) is 4.62. The molecule has 6 heteroatoms. The highest BCUT2D eigenvalue weighted by Gasteiger charge is 2.33. The van der Waals surface area contributed by atoms with E-state index in [1.807, 2.05) is 41.3 Å². The van der Waals surface area contributed by atoms with Crippen molar-refractivity contribution < 1.29 is 14.3 Å². The number of methoxy groups -OCH3 is 1. The first-order valence-electron chi connectivity index (χ1n) is 7.94. The number of carbonyl (C=O) groups is 2. The van der Waals surface area contributed by atoms with Gasteiger partial charge in [0.25, 0.3) is 5.91 Å². The van der Waals surface area contributed by atoms with Crippen molar-refractivity contribution in [3.63, 3.8) is 0 Å². The van der Waals surface area contributed by atoms with E-state index in [0.717, 1.165) is 34.3 Å². The van der Waals surface area contributed by atoms with Crippen molar-refractivity contribution in [3.8, 4) is 0 Å². The molecular weight excluding hydrogens is 324 g/mol. The third-order valence-electron chi connectivity index (χ3n) is 4.61. The molecule has 0 spiro atoms. The summed E-state index contributed by atoms with van der Waals surface area (Å²) in [4.78, 5) is 28.6. The van der Waals surface area contributed by atoms with E-state index in [9.17, 15) is 9.59 Å². The average Bonchev–Trinajstić information content (AvgIpc) is 2.89. The molecule has 2 aliphatic heterocycles. The molecule has 0 aliphatic carbocycles. The number of rotatable bonds is 3. The van der Waals surface area contributed by atoms with Gasteiger partial charge in [-0.1, -0.05) is 24.3 Å². The Bertz CT molecular complexity index is 818. The maximum absolute atomic E-state index is 12.8. The minimum Gasteiger partial charge on any atom is -0.468 e. The third kappa shape index (κ3) is 2.46. The SMILES string of the molecule is COC(=O)[C@@H]1CN(CN2C(=O)c3cccc4cccc2c34)CCS1. The highest BCUT2D eigenvalue weighted by atomic mass is 32.2. The molecule has 124 valence electrons. The summed E-state index contributed by atoms with van der Waals surface area (Å²) in [5, 5.41) is 1.93. The van der Waals surface area contributed by atoms with Gasteiger partial charge in [0, 0.05) is 29.8 Å². The number of benzene rings is 2. The van der Waals surface area contributed by atoms with Crippen LogP contribution in [0.3, 0.4) is 0 Å². The van der Waals surface area contributed by atoms with E-state index in [0.29, 0.717) is 13.2 Å². The summed E-state index contributed by atoms with van der Waals surface area (Å²) < 4.78 is 4.86. The van der Waals surface area contributed by atoms with Crippen molar-refractivity contribution >= 4 is 40.1 Å². The summed E-state index contributed by atoms with van der Waals surface area (Å²) in [5.74, 6) is 0.705. The van der Waals surface area contributed by atoms with Gasteiger partial charge in [-0.05, 0) is 17.5 Å². The van der Waals surface area contributed by atoms with Crippen LogP contribution in [0.2, 0.25) is 0 Å². The van der Waals surface area contributed by atoms with Crippen LogP contribution in [0.4, 0.5) is 5.69 Å². The van der Waals surface area contributed by atoms with Crippen molar-refractivity contribution in [3.05, 3.63) is 42.0 Å². The van der Waals surface area contributed by atoms with Crippen LogP contribution in [0.25, 0.3) is 10.8 Å². The summed E-state index contributed by atoms with van der Waals surface area (Å²) >= 11 is 1.62. The first kappa shape index (κ1) is 15.5. The molecule has 2 heterocycles. The molecule has 0 radical (unpaired) electrons. The van der Waals surface area contributed by atoms with E-state index in [-0.39, 0.29) is 17.1 Å². The number of hydrogen-bond donors (Lipinski definition) is 0. The van der Waals surface area contributed by atoms with Gasteiger partial charge in [0.15, 0.2) is 0 Å². The van der Waals surface area contributed by atoms with Crippen LogP contribution in [-0.2, 0) is 9.53 Å². The van der Waals surface area contributed by atoms with Crippen LogP contribution in [0.1, 0.15) is 10.4 Å². The first-order valence-corrected chi connectivity index (χ1v) is 8.99. The zero-order chi connectivity index (χ0) is 16.7. The van der Waals surface area contributed by atoms with Gasteiger partial charge in [-0.25, -0.2) is 0 Å². The number of thioether (sulfide) groups is 1. The lowest BCUT2D eigenvalue weighted by molar-refractivity contribution is -0.140. The second-order valence-corrected chi connectivity index (χ2v) is 7.33. The lowest BCUT2D eigenvalue weighted by atomic mass is 10.1. The molecule has 1 amide bonds. The number of nitrogens with zero attached hydrogens (tertiary/aromatic N) is 2. The summed E-state index contributed by atoms with van der Waals surface area (Å²) in [6.07, 6.45) is 0. The topological polar surface area (TPSA) is 49.9 Å². The monoisotopic (exact) mass is 342 g/mol. The number of esters is 1. The van der Waals surface area contributed by atoms with Gasteiger partial charge < -0.3 is 4.74 Å². The Morgan fingerprint density at radius 2 is 2.08 bits per heavy atom. The molecule has 1 fully saturated rings. The van der Waals surface area contributed by atoms with E-state index in [4.69, 9.17) is 4.74 Å². The quantitative estimate of drug-likeness (QED) is 0.802. The van der Waals surface area contributed by atoms with Gasteiger partial charge in [0.1, 0.15) is 5.25 Å². The number of amides is 1. The highest BCUT2D eigenvalue weighted by Crippen LogP contribution is 2.37. The summed E-state index contributed by atoms with van der Waals surface area (Å²) in [6, 6.07) is 11.8. The van der Waals surface area contributed by atoms with Gasteiger partial charge in [-0.3, -0.25) is 19.4 Å². The van der Waals surface area contributed by atoms with Crippen LogP contribution in [0, 0.1) is 0 Å². The molecule has 24 heavy (non-hydrogen) atoms. The molecule has 2 aliphatic rings. The zero-order valence-electron chi connectivity index (χ0n) is 13.4. The zero-order valence-corrected chi connectivity index (χ0v) is 14.2. The summed E-state index contributed by atoms with van der Waals surface area (Å²) in [6.45, 7) is 1.96. The lowest BCUT2D eigenvalue weighted by Crippen LogP contribution is -2.47. The summed E-state index contributed by atoms with van der Waals surface area (Å²) in [5.41, 5.74) is 1.72. The van der Waals surface area contributed by atoms with E-state index in [1.165, 1.54) is 7.11 Å². The van der Waals surface area contributed by atoms with Gasteiger partial charge in [-0.2, -0.15) is 0 Å². The number of carbonyl (C=O) groups excluding carboxylic acids is 2. The van der Waals surface area contributed by atoms with Crippen LogP contribution >= 0.6 is 11.8 Å². The highest BCUT2D eigenvalue weighted by molar-refractivity contribution is 8.00. The van der Waals surface area contributed by atoms with Crippen molar-refractivity contribution in [1.29, 1.82) is 0 Å². The van der Waals surface area contributed by atoms with Gasteiger partial charge in [0.05, 0.1) is 19.5 Å². The van der Waals surface area contributed by atoms with Crippen LogP contribution in [-0.4, -0.2) is 54.6 Å². The van der Waals surface area contributed by atoms with Crippen LogP contribution in [0.15, 0.2) is 36.4 Å². The standard InChI is InChI=1S/C18H18N2O3S/c1-23-18(22)15-10-19(8-9-24-15)11-20-14-7-3-5-12-4-2-6-13(16(12)14)17(20)21/h2-7,15H,8-11H2,1H3/t15-/m0/s1. The normalized spacial score (nSPS) is 20.6. The van der Waals surface area contributed by atoms with Gasteiger partial charge in [0.2, 0.25) is 0 Å². The average molecular weight is 342 g/mol. The largest absolute Gasteiger partial charge is 0.468 e. The fourth-order valence-electron chi connectivity index (χ4n) is 3.42.